The highest BCUT2D eigenvalue weighted by molar-refractivity contribution is 6.60. The van der Waals surface area contributed by atoms with Crippen LogP contribution < -0.4 is 0 Å². The molecule has 32 heavy (non-hydrogen) atoms. The Hall–Kier alpha value is -1.92. The van der Waals surface area contributed by atoms with Crippen molar-refractivity contribution >= 4 is 8.80 Å². The molecule has 2 aromatic carbocycles. The molecule has 0 spiro atoms. The van der Waals surface area contributed by atoms with Gasteiger partial charge in [0.2, 0.25) is 0 Å². The monoisotopic (exact) mass is 455 g/mol. The van der Waals surface area contributed by atoms with E-state index in [1.807, 2.05) is 12.3 Å². The van der Waals surface area contributed by atoms with Crippen LogP contribution in [0.25, 0.3) is 0 Å². The lowest BCUT2D eigenvalue weighted by Crippen LogP contribution is -2.45. The minimum absolute atomic E-state index is 0.383. The van der Waals surface area contributed by atoms with Crippen LogP contribution in [0.1, 0.15) is 50.2 Å². The molecule has 0 aliphatic rings. The third-order valence-electron chi connectivity index (χ3n) is 6.01. The van der Waals surface area contributed by atoms with Crippen molar-refractivity contribution in [2.45, 2.75) is 64.1 Å². The van der Waals surface area contributed by atoms with Gasteiger partial charge in [-0.1, -0.05) is 93.4 Å². The van der Waals surface area contributed by atoms with Crippen LogP contribution in [0.5, 0.6) is 0 Å². The molecule has 176 valence electrons. The topological polar surface area (TPSA) is 30.9 Å². The summed E-state index contributed by atoms with van der Waals surface area (Å²) in [6.45, 7) is 7.84. The van der Waals surface area contributed by atoms with Gasteiger partial charge in [0.1, 0.15) is 0 Å². The predicted octanol–water partition coefficient (Wildman–Crippen LogP) is 6.46. The third kappa shape index (κ3) is 8.91. The van der Waals surface area contributed by atoms with Crippen molar-refractivity contribution in [2.24, 2.45) is 0 Å². The summed E-state index contributed by atoms with van der Waals surface area (Å²) in [6.07, 6.45) is 8.62. The second-order valence-corrected chi connectivity index (χ2v) is 11.2. The molecule has 0 heterocycles. The van der Waals surface area contributed by atoms with Gasteiger partial charge in [-0.25, -0.2) is 0 Å². The van der Waals surface area contributed by atoms with E-state index in [1.165, 1.54) is 30.4 Å². The molecule has 0 aromatic heterocycles. The first-order valence-corrected chi connectivity index (χ1v) is 13.8. The maximum absolute atomic E-state index is 6.29. The Balaban J connectivity index is 2.01. The smallest absolute Gasteiger partial charge is 0.377 e. The van der Waals surface area contributed by atoms with Crippen LogP contribution in [0.4, 0.5) is 0 Å². The fourth-order valence-electron chi connectivity index (χ4n) is 4.03. The maximum atomic E-state index is 6.29. The Bertz CT molecular complexity index is 737. The average Bonchev–Trinajstić information content (AvgIpc) is 2.85. The molecule has 1 unspecified atom stereocenters. The van der Waals surface area contributed by atoms with Crippen molar-refractivity contribution in [1.29, 1.82) is 0 Å². The number of benzene rings is 2. The standard InChI is InChI=1S/C27H41NO3Si/c1-5-7-10-19-27(28(6-2)24-26-17-13-9-14-18-26)21-23-32(29-3,30-4)31-22-20-25-15-11-8-12-16-25/h6,8-9,11-18,27H,2,5,7,10,19-24H2,1,3-4H3. The van der Waals surface area contributed by atoms with Crippen molar-refractivity contribution in [3.05, 3.63) is 84.6 Å². The van der Waals surface area contributed by atoms with Crippen LogP contribution in [-0.2, 0) is 26.2 Å². The van der Waals surface area contributed by atoms with Crippen molar-refractivity contribution < 1.29 is 13.3 Å². The molecule has 2 rings (SSSR count). The third-order valence-corrected chi connectivity index (χ3v) is 8.80. The molecule has 0 saturated carbocycles. The van der Waals surface area contributed by atoms with Gasteiger partial charge in [-0.3, -0.25) is 0 Å². The lowest BCUT2D eigenvalue weighted by molar-refractivity contribution is 0.0954. The van der Waals surface area contributed by atoms with E-state index in [0.717, 1.165) is 31.9 Å². The van der Waals surface area contributed by atoms with Crippen LogP contribution >= 0.6 is 0 Å². The lowest BCUT2D eigenvalue weighted by atomic mass is 10.0. The number of nitrogens with zero attached hydrogens (tertiary/aromatic N) is 1. The fraction of sp³-hybridized carbons (Fsp3) is 0.481. The van der Waals surface area contributed by atoms with E-state index in [2.05, 4.69) is 73.0 Å². The number of hydrogen-bond acceptors (Lipinski definition) is 4. The lowest BCUT2D eigenvalue weighted by Gasteiger charge is -2.34. The quantitative estimate of drug-likeness (QED) is 0.202. The van der Waals surface area contributed by atoms with Crippen molar-refractivity contribution in [3.63, 3.8) is 0 Å². The molecule has 0 N–H and O–H groups in total. The van der Waals surface area contributed by atoms with Crippen LogP contribution in [0.2, 0.25) is 6.04 Å². The first-order valence-electron chi connectivity index (χ1n) is 11.9. The number of hydrogen-bond donors (Lipinski definition) is 0. The molecule has 0 amide bonds. The van der Waals surface area contributed by atoms with Crippen molar-refractivity contribution in [3.8, 4) is 0 Å². The molecule has 2 aromatic rings. The van der Waals surface area contributed by atoms with Crippen LogP contribution in [0, 0.1) is 0 Å². The fourth-order valence-corrected chi connectivity index (χ4v) is 6.09. The van der Waals surface area contributed by atoms with E-state index in [1.54, 1.807) is 14.2 Å². The van der Waals surface area contributed by atoms with Gasteiger partial charge in [0.05, 0.1) is 0 Å². The van der Waals surface area contributed by atoms with Gasteiger partial charge in [-0.15, -0.1) is 0 Å². The Kier molecular flexibility index (Phi) is 12.4. The van der Waals surface area contributed by atoms with Crippen molar-refractivity contribution in [2.75, 3.05) is 20.8 Å². The first kappa shape index (κ1) is 26.3. The summed E-state index contributed by atoms with van der Waals surface area (Å²) in [7, 11) is 0.724. The van der Waals surface area contributed by atoms with Gasteiger partial charge in [-0.2, -0.15) is 0 Å². The minimum atomic E-state index is -2.72. The predicted molar refractivity (Wildman–Crippen MR) is 135 cm³/mol. The second-order valence-electron chi connectivity index (χ2n) is 8.20. The van der Waals surface area contributed by atoms with E-state index in [9.17, 15) is 0 Å². The summed E-state index contributed by atoms with van der Waals surface area (Å²) in [5.41, 5.74) is 2.56. The largest absolute Gasteiger partial charge is 0.500 e. The molecule has 0 aliphatic heterocycles. The Morgan fingerprint density at radius 3 is 2.09 bits per heavy atom. The van der Waals surface area contributed by atoms with Gasteiger partial charge in [0.25, 0.3) is 0 Å². The highest BCUT2D eigenvalue weighted by atomic mass is 28.4. The molecule has 0 radical (unpaired) electrons. The molecule has 4 nitrogen and oxygen atoms in total. The molecular formula is C27H41NO3Si. The van der Waals surface area contributed by atoms with E-state index in [4.69, 9.17) is 13.3 Å². The summed E-state index contributed by atoms with van der Waals surface area (Å²) >= 11 is 0. The summed E-state index contributed by atoms with van der Waals surface area (Å²) in [4.78, 5) is 2.37. The normalized spacial score (nSPS) is 12.5. The molecule has 0 aliphatic carbocycles. The van der Waals surface area contributed by atoms with Gasteiger partial charge >= 0.3 is 8.80 Å². The van der Waals surface area contributed by atoms with E-state index in [0.29, 0.717) is 12.6 Å². The molecule has 0 bridgehead atoms. The van der Waals surface area contributed by atoms with E-state index in [-0.39, 0.29) is 0 Å². The molecule has 5 heteroatoms. The zero-order chi connectivity index (χ0) is 23.1. The number of rotatable bonds is 17. The average molecular weight is 456 g/mol. The summed E-state index contributed by atoms with van der Waals surface area (Å²) < 4.78 is 18.1. The van der Waals surface area contributed by atoms with Crippen LogP contribution in [0.3, 0.4) is 0 Å². The Morgan fingerprint density at radius 1 is 0.906 bits per heavy atom. The minimum Gasteiger partial charge on any atom is -0.377 e. The van der Waals surface area contributed by atoms with Gasteiger partial charge < -0.3 is 18.2 Å². The first-order chi connectivity index (χ1) is 15.7. The molecule has 1 atom stereocenters. The molecular weight excluding hydrogens is 414 g/mol. The van der Waals surface area contributed by atoms with Gasteiger partial charge in [0.15, 0.2) is 0 Å². The Morgan fingerprint density at radius 2 is 1.53 bits per heavy atom. The second kappa shape index (κ2) is 15.0. The SMILES string of the molecule is C=CN(Cc1ccccc1)C(CCCCC)CC[Si](OC)(OC)OCCc1ccccc1. The molecule has 0 saturated heterocycles. The zero-order valence-electron chi connectivity index (χ0n) is 20.2. The maximum Gasteiger partial charge on any atom is 0.500 e. The number of unbranched alkanes of at least 4 members (excludes halogenated alkanes) is 2. The van der Waals surface area contributed by atoms with Crippen LogP contribution in [-0.4, -0.2) is 40.6 Å². The molecule has 0 fully saturated rings. The van der Waals surface area contributed by atoms with Gasteiger partial charge in [-0.05, 0) is 36.6 Å². The summed E-state index contributed by atoms with van der Waals surface area (Å²) in [6, 6.07) is 22.2. The zero-order valence-corrected chi connectivity index (χ0v) is 21.2. The summed E-state index contributed by atoms with van der Waals surface area (Å²) in [5, 5.41) is 0. The van der Waals surface area contributed by atoms with Crippen LogP contribution in [0.15, 0.2) is 73.4 Å². The van der Waals surface area contributed by atoms with Crippen molar-refractivity contribution in [1.82, 2.24) is 4.90 Å². The Labute approximate surface area is 196 Å². The van der Waals surface area contributed by atoms with Gasteiger partial charge in [0, 0.05) is 39.5 Å². The summed E-state index contributed by atoms with van der Waals surface area (Å²) in [5.74, 6) is 0. The highest BCUT2D eigenvalue weighted by Gasteiger charge is 2.39. The highest BCUT2D eigenvalue weighted by Crippen LogP contribution is 2.24. The van der Waals surface area contributed by atoms with E-state index >= 15 is 0 Å². The van der Waals surface area contributed by atoms with E-state index < -0.39 is 8.80 Å².